The molecule has 1 aromatic carbocycles. The highest BCUT2D eigenvalue weighted by Crippen LogP contribution is 2.33. The lowest BCUT2D eigenvalue weighted by Gasteiger charge is -2.29. The lowest BCUT2D eigenvalue weighted by atomic mass is 9.94. The van der Waals surface area contributed by atoms with Crippen molar-refractivity contribution in [2.24, 2.45) is 0 Å². The van der Waals surface area contributed by atoms with E-state index < -0.39 is 6.17 Å². The van der Waals surface area contributed by atoms with Gasteiger partial charge in [0.05, 0.1) is 5.69 Å². The number of hydrogen-bond donors (Lipinski definition) is 1. The largest absolute Gasteiger partial charge is 0.349 e. The highest BCUT2D eigenvalue weighted by molar-refractivity contribution is 7.47. The summed E-state index contributed by atoms with van der Waals surface area (Å²) < 4.78 is 15.7. The fourth-order valence-electron chi connectivity index (χ4n) is 3.83. The molecule has 0 aliphatic heterocycles. The Labute approximate surface area is 174 Å². The van der Waals surface area contributed by atoms with Crippen LogP contribution in [0, 0.1) is 0 Å². The van der Waals surface area contributed by atoms with Gasteiger partial charge >= 0.3 is 0 Å². The van der Waals surface area contributed by atoms with E-state index in [4.69, 9.17) is 0 Å². The quantitative estimate of drug-likeness (QED) is 0.626. The average molecular weight is 429 g/mol. The van der Waals surface area contributed by atoms with Gasteiger partial charge in [0.2, 0.25) is 0 Å². The standard InChI is InChI=1S/C22H26FN3OP2/c1-14(23)19-13-26-20(25-19)3-2-4-21(26)29-18-11-7-16(8-12-18)24-22(27)15-5-9-17(28)10-6-15/h2-6,9-10,13-14,16,18,29H,7-8,11-12,28H2,1H3,(H,24,27). The Hall–Kier alpha value is -1.83. The molecule has 2 heterocycles. The number of fused-ring (bicyclic) bond motifs is 1. The molecule has 1 saturated carbocycles. The van der Waals surface area contributed by atoms with E-state index in [1.165, 1.54) is 12.4 Å². The SMILES string of the molecule is CC(F)c1cn2c(PC3CCC(NC(=O)c4ccc(P)cc4)CC3)cccc2n1. The summed E-state index contributed by atoms with van der Waals surface area (Å²) in [6.45, 7) is 1.52. The third kappa shape index (κ3) is 4.85. The molecule has 0 radical (unpaired) electrons. The smallest absolute Gasteiger partial charge is 0.251 e. The zero-order valence-electron chi connectivity index (χ0n) is 16.4. The maximum atomic E-state index is 13.6. The van der Waals surface area contributed by atoms with Crippen LogP contribution in [0.3, 0.4) is 0 Å². The maximum absolute atomic E-state index is 13.6. The van der Waals surface area contributed by atoms with Crippen LogP contribution in [-0.2, 0) is 0 Å². The van der Waals surface area contributed by atoms with Gasteiger partial charge in [-0.3, -0.25) is 9.20 Å². The molecule has 0 saturated heterocycles. The molecule has 3 atom stereocenters. The van der Waals surface area contributed by atoms with Crippen LogP contribution in [0.1, 0.15) is 54.8 Å². The lowest BCUT2D eigenvalue weighted by Crippen LogP contribution is -2.38. The van der Waals surface area contributed by atoms with Crippen LogP contribution < -0.4 is 16.1 Å². The second kappa shape index (κ2) is 8.90. The van der Waals surface area contributed by atoms with Crippen LogP contribution in [0.15, 0.2) is 48.7 Å². The van der Waals surface area contributed by atoms with Crippen molar-refractivity contribution in [2.45, 2.75) is 50.5 Å². The summed E-state index contributed by atoms with van der Waals surface area (Å²) in [6, 6.07) is 13.9. The molecule has 2 aromatic heterocycles. The van der Waals surface area contributed by atoms with Gasteiger partial charge in [-0.05, 0) is 67.8 Å². The second-order valence-electron chi connectivity index (χ2n) is 7.71. The minimum Gasteiger partial charge on any atom is -0.349 e. The molecule has 3 aromatic rings. The normalized spacial score (nSPS) is 20.9. The van der Waals surface area contributed by atoms with Crippen LogP contribution in [0.2, 0.25) is 0 Å². The number of amides is 1. The number of nitrogens with zero attached hydrogens (tertiary/aromatic N) is 2. The van der Waals surface area contributed by atoms with Crippen molar-refractivity contribution >= 4 is 40.1 Å². The van der Waals surface area contributed by atoms with Gasteiger partial charge in [0.15, 0.2) is 0 Å². The molecule has 7 heteroatoms. The molecule has 0 bridgehead atoms. The number of aromatic nitrogens is 2. The molecule has 1 fully saturated rings. The van der Waals surface area contributed by atoms with Gasteiger partial charge in [-0.1, -0.05) is 26.8 Å². The predicted molar refractivity (Wildman–Crippen MR) is 122 cm³/mol. The van der Waals surface area contributed by atoms with Crippen LogP contribution in [0.4, 0.5) is 4.39 Å². The molecule has 152 valence electrons. The summed E-state index contributed by atoms with van der Waals surface area (Å²) in [5, 5.41) is 4.26. The molecule has 4 nitrogen and oxygen atoms in total. The Morgan fingerprint density at radius 2 is 1.93 bits per heavy atom. The van der Waals surface area contributed by atoms with E-state index in [1.54, 1.807) is 0 Å². The summed E-state index contributed by atoms with van der Waals surface area (Å²) >= 11 is 0. The zero-order valence-corrected chi connectivity index (χ0v) is 18.6. The van der Waals surface area contributed by atoms with Crippen molar-refractivity contribution in [1.82, 2.24) is 14.7 Å². The number of pyridine rings is 1. The minimum absolute atomic E-state index is 0.0111. The number of carbonyl (C=O) groups is 1. The van der Waals surface area contributed by atoms with Crippen molar-refractivity contribution in [2.75, 3.05) is 0 Å². The van der Waals surface area contributed by atoms with E-state index in [9.17, 15) is 9.18 Å². The van der Waals surface area contributed by atoms with Gasteiger partial charge in [0.1, 0.15) is 11.8 Å². The highest BCUT2D eigenvalue weighted by atomic mass is 31.1. The first kappa shape index (κ1) is 20.4. The molecule has 4 rings (SSSR count). The Morgan fingerprint density at radius 1 is 1.21 bits per heavy atom. The number of rotatable bonds is 5. The van der Waals surface area contributed by atoms with Gasteiger partial charge in [-0.15, -0.1) is 9.24 Å². The van der Waals surface area contributed by atoms with Gasteiger partial charge in [0.25, 0.3) is 5.91 Å². The summed E-state index contributed by atoms with van der Waals surface area (Å²) in [6.07, 6.45) is 4.94. The van der Waals surface area contributed by atoms with Gasteiger partial charge in [0, 0.05) is 23.2 Å². The summed E-state index contributed by atoms with van der Waals surface area (Å²) in [7, 11) is 3.29. The molecule has 1 aliphatic carbocycles. The van der Waals surface area contributed by atoms with Crippen molar-refractivity contribution in [3.8, 4) is 0 Å². The van der Waals surface area contributed by atoms with Crippen molar-refractivity contribution in [1.29, 1.82) is 0 Å². The molecular weight excluding hydrogens is 403 g/mol. The van der Waals surface area contributed by atoms with Gasteiger partial charge < -0.3 is 5.32 Å². The number of imidazole rings is 1. The molecule has 1 N–H and O–H groups in total. The first-order valence-corrected chi connectivity index (χ1v) is 11.7. The van der Waals surface area contributed by atoms with Crippen molar-refractivity contribution in [3.05, 3.63) is 59.9 Å². The van der Waals surface area contributed by atoms with E-state index >= 15 is 0 Å². The topological polar surface area (TPSA) is 46.4 Å². The predicted octanol–water partition coefficient (Wildman–Crippen LogP) is 3.91. The van der Waals surface area contributed by atoms with Crippen molar-refractivity contribution < 1.29 is 9.18 Å². The lowest BCUT2D eigenvalue weighted by molar-refractivity contribution is 0.0928. The van der Waals surface area contributed by atoms with Crippen LogP contribution in [-0.4, -0.2) is 27.0 Å². The Balaban J connectivity index is 1.35. The third-order valence-electron chi connectivity index (χ3n) is 5.51. The van der Waals surface area contributed by atoms with E-state index in [0.717, 1.165) is 36.6 Å². The van der Waals surface area contributed by atoms with E-state index in [2.05, 4.69) is 25.6 Å². The fraction of sp³-hybridized carbons (Fsp3) is 0.364. The number of hydrogen-bond acceptors (Lipinski definition) is 2. The Morgan fingerprint density at radius 3 is 2.62 bits per heavy atom. The molecule has 1 amide bonds. The van der Waals surface area contributed by atoms with Crippen LogP contribution in [0.5, 0.6) is 0 Å². The number of halogens is 1. The molecular formula is C22H26FN3OP2. The second-order valence-corrected chi connectivity index (χ2v) is 9.99. The van der Waals surface area contributed by atoms with E-state index in [1.807, 2.05) is 47.0 Å². The molecule has 0 spiro atoms. The van der Waals surface area contributed by atoms with E-state index in [-0.39, 0.29) is 11.9 Å². The van der Waals surface area contributed by atoms with Crippen LogP contribution >= 0.6 is 17.8 Å². The van der Waals surface area contributed by atoms with Gasteiger partial charge in [-0.25, -0.2) is 9.37 Å². The summed E-state index contributed by atoms with van der Waals surface area (Å²) in [5.41, 5.74) is 3.81. The molecule has 1 aliphatic rings. The van der Waals surface area contributed by atoms with Crippen molar-refractivity contribution in [3.63, 3.8) is 0 Å². The monoisotopic (exact) mass is 429 g/mol. The fourth-order valence-corrected chi connectivity index (χ4v) is 5.58. The van der Waals surface area contributed by atoms with E-state index in [0.29, 0.717) is 25.5 Å². The highest BCUT2D eigenvalue weighted by Gasteiger charge is 2.24. The van der Waals surface area contributed by atoms with Crippen LogP contribution in [0.25, 0.3) is 5.65 Å². The van der Waals surface area contributed by atoms with Gasteiger partial charge in [-0.2, -0.15) is 0 Å². The first-order valence-electron chi connectivity index (χ1n) is 10.0. The average Bonchev–Trinajstić information content (AvgIpc) is 3.16. The number of carbonyl (C=O) groups excluding carboxylic acids is 1. The zero-order chi connectivity index (χ0) is 20.4. The molecule has 3 unspecified atom stereocenters. The summed E-state index contributed by atoms with van der Waals surface area (Å²) in [5.74, 6) is 0.0111. The number of benzene rings is 1. The maximum Gasteiger partial charge on any atom is 0.251 e. The third-order valence-corrected chi connectivity index (χ3v) is 7.58. The summed E-state index contributed by atoms with van der Waals surface area (Å²) in [4.78, 5) is 16.8. The Bertz CT molecular complexity index is 995. The first-order chi connectivity index (χ1) is 14.0. The number of alkyl halides is 1. The minimum atomic E-state index is -1.06. The Kier molecular flexibility index (Phi) is 6.27. The number of nitrogens with one attached hydrogen (secondary N) is 1. The molecule has 29 heavy (non-hydrogen) atoms.